The van der Waals surface area contributed by atoms with E-state index in [9.17, 15) is 4.79 Å². The molecule has 0 saturated heterocycles. The lowest BCUT2D eigenvalue weighted by Gasteiger charge is -2.16. The highest BCUT2D eigenvalue weighted by Gasteiger charge is 2.17. The van der Waals surface area contributed by atoms with E-state index in [1.807, 2.05) is 40.0 Å². The zero-order valence-corrected chi connectivity index (χ0v) is 14.2. The summed E-state index contributed by atoms with van der Waals surface area (Å²) in [5.41, 5.74) is 3.42. The molecular formula is C16H20ClN3O2. The van der Waals surface area contributed by atoms with Crippen molar-refractivity contribution < 1.29 is 9.53 Å². The summed E-state index contributed by atoms with van der Waals surface area (Å²) in [6.45, 7) is 7.41. The third-order valence-electron chi connectivity index (χ3n) is 3.59. The first kappa shape index (κ1) is 16.4. The normalized spacial score (nSPS) is 12.1. The van der Waals surface area contributed by atoms with Gasteiger partial charge in [0.05, 0.1) is 17.6 Å². The van der Waals surface area contributed by atoms with E-state index < -0.39 is 6.10 Å². The summed E-state index contributed by atoms with van der Waals surface area (Å²) in [7, 11) is 1.82. The lowest BCUT2D eigenvalue weighted by molar-refractivity contribution is -0.122. The number of nitrogens with zero attached hydrogens (tertiary/aromatic N) is 2. The third-order valence-corrected chi connectivity index (χ3v) is 4.18. The van der Waals surface area contributed by atoms with Crippen molar-refractivity contribution in [2.45, 2.75) is 33.8 Å². The molecule has 1 N–H and O–H groups in total. The maximum Gasteiger partial charge on any atom is 0.265 e. The molecule has 1 heterocycles. The largest absolute Gasteiger partial charge is 0.481 e. The molecule has 2 aromatic rings. The second-order valence-electron chi connectivity index (χ2n) is 5.39. The molecule has 1 amide bonds. The molecule has 0 fully saturated rings. The maximum atomic E-state index is 12.2. The smallest absolute Gasteiger partial charge is 0.265 e. The van der Waals surface area contributed by atoms with Crippen LogP contribution < -0.4 is 10.1 Å². The number of benzene rings is 1. The number of aromatic nitrogens is 2. The number of hydrogen-bond acceptors (Lipinski definition) is 3. The predicted octanol–water partition coefficient (Wildman–Crippen LogP) is 3.40. The standard InChI is InChI=1S/C16H20ClN3O2/c1-9-6-13(7-10(2)15(9)17)22-12(4)16(21)19-14-8-18-20(5)11(14)3/h6-8,12H,1-5H3,(H,19,21). The SMILES string of the molecule is Cc1cc(OC(C)C(=O)Nc2cnn(C)c2C)cc(C)c1Cl. The Balaban J connectivity index is 2.07. The van der Waals surface area contributed by atoms with Crippen LogP contribution in [-0.2, 0) is 11.8 Å². The number of carbonyl (C=O) groups excluding carboxylic acids is 1. The summed E-state index contributed by atoms with van der Waals surface area (Å²) >= 11 is 6.13. The highest BCUT2D eigenvalue weighted by molar-refractivity contribution is 6.32. The van der Waals surface area contributed by atoms with Gasteiger partial charge < -0.3 is 10.1 Å². The molecule has 5 nitrogen and oxygen atoms in total. The van der Waals surface area contributed by atoms with E-state index in [2.05, 4.69) is 10.4 Å². The van der Waals surface area contributed by atoms with E-state index in [1.54, 1.807) is 17.8 Å². The van der Waals surface area contributed by atoms with E-state index in [0.29, 0.717) is 11.4 Å². The summed E-state index contributed by atoms with van der Waals surface area (Å²) in [4.78, 5) is 12.2. The average molecular weight is 322 g/mol. The molecule has 0 aliphatic carbocycles. The lowest BCUT2D eigenvalue weighted by Crippen LogP contribution is -2.30. The molecule has 6 heteroatoms. The summed E-state index contributed by atoms with van der Waals surface area (Å²) < 4.78 is 7.42. The van der Waals surface area contributed by atoms with E-state index >= 15 is 0 Å². The second-order valence-corrected chi connectivity index (χ2v) is 5.77. The van der Waals surface area contributed by atoms with Crippen LogP contribution in [0.15, 0.2) is 18.3 Å². The van der Waals surface area contributed by atoms with Crippen molar-refractivity contribution in [2.75, 3.05) is 5.32 Å². The first-order valence-corrected chi connectivity index (χ1v) is 7.40. The number of hydrogen-bond donors (Lipinski definition) is 1. The van der Waals surface area contributed by atoms with Crippen LogP contribution in [0.1, 0.15) is 23.7 Å². The molecule has 0 aliphatic heterocycles. The van der Waals surface area contributed by atoms with Gasteiger partial charge in [-0.25, -0.2) is 0 Å². The van der Waals surface area contributed by atoms with E-state index in [4.69, 9.17) is 16.3 Å². The van der Waals surface area contributed by atoms with Gasteiger partial charge in [0.25, 0.3) is 5.91 Å². The Morgan fingerprint density at radius 3 is 2.41 bits per heavy atom. The molecule has 2 rings (SSSR count). The van der Waals surface area contributed by atoms with Gasteiger partial charge in [0.2, 0.25) is 0 Å². The van der Waals surface area contributed by atoms with Crippen LogP contribution in [0.25, 0.3) is 0 Å². The number of halogens is 1. The quantitative estimate of drug-likeness (QED) is 0.939. The monoisotopic (exact) mass is 321 g/mol. The Bertz CT molecular complexity index is 686. The van der Waals surface area contributed by atoms with E-state index in [-0.39, 0.29) is 5.91 Å². The summed E-state index contributed by atoms with van der Waals surface area (Å²) in [5.74, 6) is 0.409. The number of anilines is 1. The number of ether oxygens (including phenoxy) is 1. The van der Waals surface area contributed by atoms with E-state index in [0.717, 1.165) is 21.8 Å². The molecule has 1 unspecified atom stereocenters. The average Bonchev–Trinajstić information content (AvgIpc) is 2.76. The van der Waals surface area contributed by atoms with Gasteiger partial charge in [-0.15, -0.1) is 0 Å². The highest BCUT2D eigenvalue weighted by Crippen LogP contribution is 2.26. The van der Waals surface area contributed by atoms with Gasteiger partial charge in [-0.1, -0.05) is 11.6 Å². The van der Waals surface area contributed by atoms with Crippen LogP contribution >= 0.6 is 11.6 Å². The maximum absolute atomic E-state index is 12.2. The van der Waals surface area contributed by atoms with Gasteiger partial charge in [-0.3, -0.25) is 9.48 Å². The van der Waals surface area contributed by atoms with Crippen LogP contribution in [0, 0.1) is 20.8 Å². The van der Waals surface area contributed by atoms with Crippen LogP contribution in [0.4, 0.5) is 5.69 Å². The summed E-state index contributed by atoms with van der Waals surface area (Å²) in [6.07, 6.45) is 0.996. The summed E-state index contributed by atoms with van der Waals surface area (Å²) in [6, 6.07) is 3.66. The van der Waals surface area contributed by atoms with Gasteiger partial charge in [-0.05, 0) is 51.0 Å². The minimum atomic E-state index is -0.625. The van der Waals surface area contributed by atoms with E-state index in [1.165, 1.54) is 0 Å². The molecule has 0 bridgehead atoms. The van der Waals surface area contributed by atoms with Crippen LogP contribution in [0.2, 0.25) is 5.02 Å². The van der Waals surface area contributed by atoms with Crippen molar-refractivity contribution in [2.24, 2.45) is 7.05 Å². The van der Waals surface area contributed by atoms with Crippen LogP contribution in [-0.4, -0.2) is 21.8 Å². The molecule has 1 atom stereocenters. The van der Waals surface area contributed by atoms with Gasteiger partial charge in [0, 0.05) is 12.1 Å². The number of amides is 1. The van der Waals surface area contributed by atoms with Crippen molar-refractivity contribution in [1.29, 1.82) is 0 Å². The molecule has 0 saturated carbocycles. The van der Waals surface area contributed by atoms with Gasteiger partial charge in [0.15, 0.2) is 6.10 Å². The molecule has 0 spiro atoms. The fourth-order valence-electron chi connectivity index (χ4n) is 2.09. The van der Waals surface area contributed by atoms with Crippen molar-refractivity contribution in [1.82, 2.24) is 9.78 Å². The lowest BCUT2D eigenvalue weighted by atomic mass is 10.1. The van der Waals surface area contributed by atoms with Gasteiger partial charge >= 0.3 is 0 Å². The first-order valence-electron chi connectivity index (χ1n) is 7.02. The number of nitrogens with one attached hydrogen (secondary N) is 1. The fraction of sp³-hybridized carbons (Fsp3) is 0.375. The molecular weight excluding hydrogens is 302 g/mol. The minimum Gasteiger partial charge on any atom is -0.481 e. The summed E-state index contributed by atoms with van der Waals surface area (Å²) in [5, 5.41) is 7.63. The Morgan fingerprint density at radius 2 is 1.91 bits per heavy atom. The van der Waals surface area contributed by atoms with Crippen molar-refractivity contribution >= 4 is 23.2 Å². The zero-order chi connectivity index (χ0) is 16.4. The van der Waals surface area contributed by atoms with Crippen LogP contribution in [0.3, 0.4) is 0 Å². The molecule has 22 heavy (non-hydrogen) atoms. The predicted molar refractivity (Wildman–Crippen MR) is 87.6 cm³/mol. The van der Waals surface area contributed by atoms with Crippen molar-refractivity contribution in [3.05, 3.63) is 40.2 Å². The molecule has 0 aliphatic rings. The molecule has 118 valence electrons. The van der Waals surface area contributed by atoms with Crippen molar-refractivity contribution in [3.63, 3.8) is 0 Å². The zero-order valence-electron chi connectivity index (χ0n) is 13.4. The van der Waals surface area contributed by atoms with Crippen LogP contribution in [0.5, 0.6) is 5.75 Å². The molecule has 1 aromatic heterocycles. The number of aryl methyl sites for hydroxylation is 3. The molecule has 1 aromatic carbocycles. The van der Waals surface area contributed by atoms with Gasteiger partial charge in [-0.2, -0.15) is 5.10 Å². The van der Waals surface area contributed by atoms with Crippen molar-refractivity contribution in [3.8, 4) is 5.75 Å². The highest BCUT2D eigenvalue weighted by atomic mass is 35.5. The topological polar surface area (TPSA) is 56.1 Å². The molecule has 0 radical (unpaired) electrons. The second kappa shape index (κ2) is 6.40. The fourth-order valence-corrected chi connectivity index (χ4v) is 2.20. The number of rotatable bonds is 4. The Labute approximate surface area is 135 Å². The number of carbonyl (C=O) groups is 1. The first-order chi connectivity index (χ1) is 10.3. The Morgan fingerprint density at radius 1 is 1.32 bits per heavy atom. The Kier molecular flexibility index (Phi) is 4.76. The Hall–Kier alpha value is -2.01. The minimum absolute atomic E-state index is 0.221. The van der Waals surface area contributed by atoms with Gasteiger partial charge in [0.1, 0.15) is 5.75 Å². The third kappa shape index (κ3) is 3.42.